The van der Waals surface area contributed by atoms with E-state index in [2.05, 4.69) is 46.8 Å². The van der Waals surface area contributed by atoms with E-state index in [4.69, 9.17) is 0 Å². The first-order valence-electron chi connectivity index (χ1n) is 3.24. The van der Waals surface area contributed by atoms with Crippen LogP contribution in [-0.2, 0) is 4.43 Å². The molecule has 0 unspecified atom stereocenters. The molecule has 56 valence electrons. The normalized spacial score (nSPS) is 10.8. The Bertz CT molecular complexity index is 207. The van der Waals surface area contributed by atoms with E-state index in [0.717, 1.165) is 4.43 Å². The van der Waals surface area contributed by atoms with E-state index in [0.29, 0.717) is 5.92 Å². The molecule has 0 amide bonds. The number of rotatable bonds is 2. The van der Waals surface area contributed by atoms with Crippen LogP contribution in [0.3, 0.4) is 0 Å². The highest BCUT2D eigenvalue weighted by molar-refractivity contribution is 14.1. The van der Waals surface area contributed by atoms with Crippen LogP contribution in [0.2, 0.25) is 0 Å². The van der Waals surface area contributed by atoms with Crippen LogP contribution in [-0.4, -0.2) is 4.98 Å². The maximum atomic E-state index is 4.44. The van der Waals surface area contributed by atoms with Crippen LogP contribution in [0.1, 0.15) is 30.5 Å². The summed E-state index contributed by atoms with van der Waals surface area (Å²) >= 11 is 4.10. The third kappa shape index (κ3) is 1.92. The fraction of sp³-hybridized carbons (Fsp3) is 0.571. The zero-order valence-electron chi connectivity index (χ0n) is 6.10. The van der Waals surface area contributed by atoms with Crippen LogP contribution in [0, 0.1) is 0 Å². The maximum Gasteiger partial charge on any atom is 0.0954 e. The molecule has 0 fully saturated rings. The maximum absolute atomic E-state index is 4.44. The molecule has 0 saturated carbocycles. The second kappa shape index (κ2) is 3.67. The van der Waals surface area contributed by atoms with E-state index in [9.17, 15) is 0 Å². The molecule has 0 spiro atoms. The van der Waals surface area contributed by atoms with Crippen molar-refractivity contribution in [3.05, 3.63) is 16.1 Å². The van der Waals surface area contributed by atoms with Crippen molar-refractivity contribution < 1.29 is 0 Å². The minimum atomic E-state index is 0.585. The highest BCUT2D eigenvalue weighted by Crippen LogP contribution is 2.20. The molecule has 0 aliphatic carbocycles. The Morgan fingerprint density at radius 2 is 2.40 bits per heavy atom. The van der Waals surface area contributed by atoms with E-state index in [1.54, 1.807) is 11.3 Å². The summed E-state index contributed by atoms with van der Waals surface area (Å²) in [6.45, 7) is 4.35. The molecular weight excluding hydrogens is 257 g/mol. The number of nitrogens with zero attached hydrogens (tertiary/aromatic N) is 1. The predicted octanol–water partition coefficient (Wildman–Crippen LogP) is 3.20. The van der Waals surface area contributed by atoms with Crippen LogP contribution in [0.5, 0.6) is 0 Å². The zero-order valence-corrected chi connectivity index (χ0v) is 9.07. The molecule has 1 aromatic heterocycles. The Labute approximate surface area is 79.0 Å². The molecule has 0 aliphatic heterocycles. The first-order valence-corrected chi connectivity index (χ1v) is 5.65. The average molecular weight is 267 g/mol. The van der Waals surface area contributed by atoms with Gasteiger partial charge in [0, 0.05) is 15.7 Å². The number of alkyl halides is 1. The smallest absolute Gasteiger partial charge is 0.0954 e. The summed E-state index contributed by atoms with van der Waals surface area (Å²) in [5, 5.41) is 3.40. The van der Waals surface area contributed by atoms with Gasteiger partial charge in [-0.3, -0.25) is 0 Å². The number of thiazole rings is 1. The molecule has 0 radical (unpaired) electrons. The minimum absolute atomic E-state index is 0.585. The molecule has 1 rings (SSSR count). The highest BCUT2D eigenvalue weighted by Gasteiger charge is 2.03. The monoisotopic (exact) mass is 267 g/mol. The third-order valence-electron chi connectivity index (χ3n) is 1.20. The average Bonchev–Trinajstić information content (AvgIpc) is 2.34. The van der Waals surface area contributed by atoms with Gasteiger partial charge in [-0.05, 0) is 0 Å². The van der Waals surface area contributed by atoms with Crippen LogP contribution >= 0.6 is 33.9 Å². The largest absolute Gasteiger partial charge is 0.245 e. The SMILES string of the molecule is CC(C)c1nc(CI)cs1. The lowest BCUT2D eigenvalue weighted by atomic mass is 10.2. The first-order chi connectivity index (χ1) is 4.74. The molecule has 0 N–H and O–H groups in total. The van der Waals surface area contributed by atoms with E-state index in [1.807, 2.05) is 0 Å². The van der Waals surface area contributed by atoms with Crippen molar-refractivity contribution >= 4 is 33.9 Å². The summed E-state index contributed by atoms with van der Waals surface area (Å²) in [6, 6.07) is 0. The summed E-state index contributed by atoms with van der Waals surface area (Å²) in [6.07, 6.45) is 0. The third-order valence-corrected chi connectivity index (χ3v) is 3.18. The van der Waals surface area contributed by atoms with Crippen molar-refractivity contribution in [3.8, 4) is 0 Å². The molecule has 0 bridgehead atoms. The second-order valence-electron chi connectivity index (χ2n) is 2.47. The molecule has 3 heteroatoms. The number of halogens is 1. The summed E-state index contributed by atoms with van der Waals surface area (Å²) < 4.78 is 1.03. The van der Waals surface area contributed by atoms with E-state index in [1.165, 1.54) is 10.7 Å². The molecule has 0 atom stereocenters. The Balaban J connectivity index is 2.78. The fourth-order valence-electron chi connectivity index (χ4n) is 0.649. The Kier molecular flexibility index (Phi) is 3.10. The van der Waals surface area contributed by atoms with E-state index in [-0.39, 0.29) is 0 Å². The lowest BCUT2D eigenvalue weighted by Crippen LogP contribution is -1.85. The van der Waals surface area contributed by atoms with Gasteiger partial charge in [0.15, 0.2) is 0 Å². The Hall–Kier alpha value is 0.360. The van der Waals surface area contributed by atoms with Crippen molar-refractivity contribution in [2.75, 3.05) is 0 Å². The van der Waals surface area contributed by atoms with Gasteiger partial charge in [0.2, 0.25) is 0 Å². The molecule has 0 saturated heterocycles. The zero-order chi connectivity index (χ0) is 7.56. The predicted molar refractivity (Wildman–Crippen MR) is 53.9 cm³/mol. The topological polar surface area (TPSA) is 12.9 Å². The van der Waals surface area contributed by atoms with Gasteiger partial charge in [-0.1, -0.05) is 36.4 Å². The molecule has 0 aliphatic rings. The molecule has 1 heterocycles. The molecular formula is C7H10INS. The molecule has 0 aromatic carbocycles. The summed E-state index contributed by atoms with van der Waals surface area (Å²) in [5.74, 6) is 0.585. The van der Waals surface area contributed by atoms with Crippen molar-refractivity contribution in [3.63, 3.8) is 0 Å². The van der Waals surface area contributed by atoms with Gasteiger partial charge in [-0.25, -0.2) is 4.98 Å². The molecule has 1 nitrogen and oxygen atoms in total. The van der Waals surface area contributed by atoms with Gasteiger partial charge in [0.05, 0.1) is 10.7 Å². The summed E-state index contributed by atoms with van der Waals surface area (Å²) in [4.78, 5) is 4.44. The molecule has 1 aromatic rings. The van der Waals surface area contributed by atoms with Crippen molar-refractivity contribution in [2.45, 2.75) is 24.2 Å². The van der Waals surface area contributed by atoms with Crippen LogP contribution in [0.4, 0.5) is 0 Å². The fourth-order valence-corrected chi connectivity index (χ4v) is 2.17. The van der Waals surface area contributed by atoms with Gasteiger partial charge in [-0.2, -0.15) is 0 Å². The van der Waals surface area contributed by atoms with Crippen LogP contribution < -0.4 is 0 Å². The lowest BCUT2D eigenvalue weighted by Gasteiger charge is -1.95. The summed E-state index contributed by atoms with van der Waals surface area (Å²) in [7, 11) is 0. The van der Waals surface area contributed by atoms with Crippen molar-refractivity contribution in [1.29, 1.82) is 0 Å². The van der Waals surface area contributed by atoms with Gasteiger partial charge < -0.3 is 0 Å². The van der Waals surface area contributed by atoms with Crippen molar-refractivity contribution in [2.24, 2.45) is 0 Å². The van der Waals surface area contributed by atoms with Gasteiger partial charge in [-0.15, -0.1) is 11.3 Å². The standard InChI is InChI=1S/C7H10INS/c1-5(2)7-9-6(3-8)4-10-7/h4-5H,3H2,1-2H3. The van der Waals surface area contributed by atoms with Crippen molar-refractivity contribution in [1.82, 2.24) is 4.98 Å². The van der Waals surface area contributed by atoms with Gasteiger partial charge in [0.25, 0.3) is 0 Å². The summed E-state index contributed by atoms with van der Waals surface area (Å²) in [5.41, 5.74) is 1.22. The first kappa shape index (κ1) is 8.46. The number of aromatic nitrogens is 1. The number of hydrogen-bond acceptors (Lipinski definition) is 2. The van der Waals surface area contributed by atoms with Gasteiger partial charge >= 0.3 is 0 Å². The highest BCUT2D eigenvalue weighted by atomic mass is 127. The Morgan fingerprint density at radius 3 is 2.70 bits per heavy atom. The van der Waals surface area contributed by atoms with Crippen LogP contribution in [0.15, 0.2) is 5.38 Å². The second-order valence-corrected chi connectivity index (χ2v) is 4.12. The lowest BCUT2D eigenvalue weighted by molar-refractivity contribution is 0.847. The van der Waals surface area contributed by atoms with Gasteiger partial charge in [0.1, 0.15) is 0 Å². The Morgan fingerprint density at radius 1 is 1.70 bits per heavy atom. The number of hydrogen-bond donors (Lipinski definition) is 0. The quantitative estimate of drug-likeness (QED) is 0.592. The van der Waals surface area contributed by atoms with Crippen LogP contribution in [0.25, 0.3) is 0 Å². The van der Waals surface area contributed by atoms with E-state index < -0.39 is 0 Å². The minimum Gasteiger partial charge on any atom is -0.245 e. The van der Waals surface area contributed by atoms with E-state index >= 15 is 0 Å². The molecule has 10 heavy (non-hydrogen) atoms.